The number of carbonyl (C=O) groups excluding carboxylic acids is 1. The molecule has 0 N–H and O–H groups in total. The summed E-state index contributed by atoms with van der Waals surface area (Å²) in [6.07, 6.45) is -3.11. The van der Waals surface area contributed by atoms with E-state index in [1.165, 1.54) is 24.3 Å². The van der Waals surface area contributed by atoms with Crippen LogP contribution >= 0.6 is 0 Å². The zero-order valence-electron chi connectivity index (χ0n) is 22.8. The summed E-state index contributed by atoms with van der Waals surface area (Å²) in [5, 5.41) is 11.0. The van der Waals surface area contributed by atoms with Gasteiger partial charge in [0.05, 0.1) is 36.9 Å². The van der Waals surface area contributed by atoms with Gasteiger partial charge in [-0.1, -0.05) is 91.0 Å². The Kier molecular flexibility index (Phi) is 10.0. The number of hydrogen-bond donors (Lipinski definition) is 0. The topological polar surface area (TPSA) is 106 Å². The van der Waals surface area contributed by atoms with E-state index >= 15 is 0 Å². The van der Waals surface area contributed by atoms with E-state index in [0.29, 0.717) is 6.61 Å². The van der Waals surface area contributed by atoms with Gasteiger partial charge in [0, 0.05) is 12.1 Å². The summed E-state index contributed by atoms with van der Waals surface area (Å²) in [5.74, 6) is -0.698. The third-order valence-electron chi connectivity index (χ3n) is 6.77. The highest BCUT2D eigenvalue weighted by atomic mass is 16.7. The van der Waals surface area contributed by atoms with Crippen LogP contribution in [-0.2, 0) is 43.5 Å². The minimum absolute atomic E-state index is 0.127. The average Bonchev–Trinajstić information content (AvgIpc) is 3.35. The first-order chi connectivity index (χ1) is 20.6. The predicted octanol–water partition coefficient (Wildman–Crippen LogP) is 5.86. The molecule has 0 aromatic heterocycles. The van der Waals surface area contributed by atoms with Crippen LogP contribution in [0.1, 0.15) is 27.0 Å². The van der Waals surface area contributed by atoms with Crippen molar-refractivity contribution in [2.24, 2.45) is 0 Å². The second kappa shape index (κ2) is 14.5. The van der Waals surface area contributed by atoms with E-state index in [4.69, 9.17) is 23.7 Å². The Morgan fingerprint density at radius 1 is 0.690 bits per heavy atom. The molecular weight excluding hydrogens is 538 g/mol. The molecule has 5 rings (SSSR count). The third-order valence-corrected chi connectivity index (χ3v) is 6.77. The Hall–Kier alpha value is -4.41. The van der Waals surface area contributed by atoms with Gasteiger partial charge in [-0.3, -0.25) is 10.1 Å². The second-order valence-corrected chi connectivity index (χ2v) is 9.78. The van der Waals surface area contributed by atoms with Crippen molar-refractivity contribution in [1.82, 2.24) is 0 Å². The molecule has 1 heterocycles. The van der Waals surface area contributed by atoms with E-state index in [-0.39, 0.29) is 31.1 Å². The summed E-state index contributed by atoms with van der Waals surface area (Å²) in [5.41, 5.74) is 2.93. The lowest BCUT2D eigenvalue weighted by molar-refractivity contribution is -0.384. The molecule has 9 heteroatoms. The number of hydrogen-bond acceptors (Lipinski definition) is 8. The van der Waals surface area contributed by atoms with E-state index in [1.807, 2.05) is 91.0 Å². The van der Waals surface area contributed by atoms with E-state index < -0.39 is 35.5 Å². The fourth-order valence-corrected chi connectivity index (χ4v) is 4.59. The maximum Gasteiger partial charge on any atom is 0.340 e. The van der Waals surface area contributed by atoms with Crippen molar-refractivity contribution in [3.05, 3.63) is 148 Å². The average molecular weight is 570 g/mol. The summed E-state index contributed by atoms with van der Waals surface area (Å²) >= 11 is 0. The number of nitro benzene ring substituents is 1. The molecule has 0 aliphatic carbocycles. The maximum absolute atomic E-state index is 13.1. The molecule has 1 saturated heterocycles. The van der Waals surface area contributed by atoms with Crippen molar-refractivity contribution in [1.29, 1.82) is 0 Å². The maximum atomic E-state index is 13.1. The Bertz CT molecular complexity index is 1420. The van der Waals surface area contributed by atoms with E-state index in [9.17, 15) is 14.9 Å². The lowest BCUT2D eigenvalue weighted by Crippen LogP contribution is -2.40. The van der Waals surface area contributed by atoms with Gasteiger partial charge >= 0.3 is 5.97 Å². The highest BCUT2D eigenvalue weighted by molar-refractivity contribution is 5.89. The number of esters is 1. The van der Waals surface area contributed by atoms with Crippen molar-refractivity contribution in [3.63, 3.8) is 0 Å². The number of carbonyl (C=O) groups is 1. The monoisotopic (exact) mass is 569 g/mol. The van der Waals surface area contributed by atoms with Crippen LogP contribution in [-0.4, -0.2) is 42.1 Å². The lowest BCUT2D eigenvalue weighted by Gasteiger charge is -2.25. The number of ether oxygens (including phenoxy) is 5. The zero-order valence-corrected chi connectivity index (χ0v) is 22.8. The minimum Gasteiger partial charge on any atom is -0.429 e. The van der Waals surface area contributed by atoms with Crippen molar-refractivity contribution < 1.29 is 33.4 Å². The summed E-state index contributed by atoms with van der Waals surface area (Å²) in [4.78, 5) is 23.6. The van der Waals surface area contributed by atoms with Crippen molar-refractivity contribution in [2.45, 2.75) is 44.4 Å². The number of nitro groups is 1. The van der Waals surface area contributed by atoms with Gasteiger partial charge in [0.25, 0.3) is 5.69 Å². The second-order valence-electron chi connectivity index (χ2n) is 9.78. The lowest BCUT2D eigenvalue weighted by atomic mass is 10.1. The first-order valence-corrected chi connectivity index (χ1v) is 13.6. The molecule has 0 saturated carbocycles. The van der Waals surface area contributed by atoms with Gasteiger partial charge in [-0.15, -0.1) is 0 Å². The largest absolute Gasteiger partial charge is 0.429 e. The van der Waals surface area contributed by atoms with Crippen LogP contribution in [0.15, 0.2) is 115 Å². The first-order valence-electron chi connectivity index (χ1n) is 13.6. The van der Waals surface area contributed by atoms with Crippen LogP contribution in [0.5, 0.6) is 0 Å². The van der Waals surface area contributed by atoms with Gasteiger partial charge in [-0.2, -0.15) is 0 Å². The third kappa shape index (κ3) is 7.86. The Balaban J connectivity index is 1.35. The highest BCUT2D eigenvalue weighted by Crippen LogP contribution is 2.31. The smallest absolute Gasteiger partial charge is 0.340 e. The molecule has 4 atom stereocenters. The summed E-state index contributed by atoms with van der Waals surface area (Å²) in [6, 6.07) is 34.3. The van der Waals surface area contributed by atoms with Crippen LogP contribution in [0, 0.1) is 10.1 Å². The van der Waals surface area contributed by atoms with Gasteiger partial charge in [0.1, 0.15) is 18.3 Å². The normalized spacial score (nSPS) is 19.8. The Morgan fingerprint density at radius 3 is 1.71 bits per heavy atom. The zero-order chi connectivity index (χ0) is 29.1. The predicted molar refractivity (Wildman–Crippen MR) is 153 cm³/mol. The Labute approximate surface area is 243 Å². The molecule has 4 aromatic carbocycles. The van der Waals surface area contributed by atoms with E-state index in [2.05, 4.69) is 0 Å². The summed E-state index contributed by atoms with van der Waals surface area (Å²) in [6.45, 7) is 1.07. The molecule has 1 fully saturated rings. The van der Waals surface area contributed by atoms with E-state index in [1.54, 1.807) is 0 Å². The van der Waals surface area contributed by atoms with Gasteiger partial charge in [0.2, 0.25) is 6.29 Å². The summed E-state index contributed by atoms with van der Waals surface area (Å²) < 4.78 is 30.7. The quantitative estimate of drug-likeness (QED) is 0.112. The van der Waals surface area contributed by atoms with Crippen LogP contribution in [0.25, 0.3) is 0 Å². The molecule has 1 aliphatic heterocycles. The highest BCUT2D eigenvalue weighted by Gasteiger charge is 2.48. The molecular formula is C33H31NO8. The van der Waals surface area contributed by atoms with Crippen molar-refractivity contribution in [2.75, 3.05) is 6.61 Å². The van der Waals surface area contributed by atoms with Gasteiger partial charge < -0.3 is 23.7 Å². The van der Waals surface area contributed by atoms with Gasteiger partial charge in [-0.05, 0) is 28.8 Å². The molecule has 0 radical (unpaired) electrons. The number of benzene rings is 4. The molecule has 0 spiro atoms. The molecule has 4 aromatic rings. The van der Waals surface area contributed by atoms with Crippen LogP contribution in [0.2, 0.25) is 0 Å². The van der Waals surface area contributed by atoms with Gasteiger partial charge in [-0.25, -0.2) is 4.79 Å². The molecule has 0 amide bonds. The Morgan fingerprint density at radius 2 is 1.19 bits per heavy atom. The fraction of sp³-hybridized carbons (Fsp3) is 0.242. The fourth-order valence-electron chi connectivity index (χ4n) is 4.59. The number of nitrogens with zero attached hydrogens (tertiary/aromatic N) is 1. The van der Waals surface area contributed by atoms with Crippen LogP contribution < -0.4 is 0 Å². The van der Waals surface area contributed by atoms with Crippen molar-refractivity contribution >= 4 is 11.7 Å². The molecule has 0 bridgehead atoms. The standard InChI is InChI=1S/C33H31NO8/c35-32(27-16-18-28(19-17-27)34(36)37)42-33-31(40-22-26-14-8-3-9-15-26)30(39-21-25-12-6-2-7-13-25)29(41-33)23-38-20-24-10-4-1-5-11-24/h1-19,29-31,33H,20-23H2/t29-,30-,31-,33+/m1/s1. The molecule has 9 nitrogen and oxygen atoms in total. The molecule has 0 unspecified atom stereocenters. The number of non-ortho nitro benzene ring substituents is 1. The van der Waals surface area contributed by atoms with Crippen molar-refractivity contribution in [3.8, 4) is 0 Å². The van der Waals surface area contributed by atoms with Crippen LogP contribution in [0.3, 0.4) is 0 Å². The van der Waals surface area contributed by atoms with E-state index in [0.717, 1.165) is 16.7 Å². The number of rotatable bonds is 13. The SMILES string of the molecule is O=C(O[C@@H]1O[C@H](COCc2ccccc2)[C@@H](OCc2ccccc2)[C@H]1OCc1ccccc1)c1ccc([N+](=O)[O-])cc1. The first kappa shape index (κ1) is 29.1. The molecule has 42 heavy (non-hydrogen) atoms. The minimum atomic E-state index is -1.11. The van der Waals surface area contributed by atoms with Crippen LogP contribution in [0.4, 0.5) is 5.69 Å². The van der Waals surface area contributed by atoms with Gasteiger partial charge in [0.15, 0.2) is 0 Å². The summed E-state index contributed by atoms with van der Waals surface area (Å²) in [7, 11) is 0. The molecule has 1 aliphatic rings. The molecule has 216 valence electrons.